The lowest BCUT2D eigenvalue weighted by Crippen LogP contribution is -1.86. The van der Waals surface area contributed by atoms with E-state index in [9.17, 15) is 0 Å². The second-order valence-corrected chi connectivity index (χ2v) is 3.67. The summed E-state index contributed by atoms with van der Waals surface area (Å²) in [7, 11) is 1.62. The molecule has 2 rings (SSSR count). The van der Waals surface area contributed by atoms with Gasteiger partial charge in [-0.1, -0.05) is 0 Å². The molecule has 1 heterocycles. The van der Waals surface area contributed by atoms with E-state index in [1.165, 1.54) is 0 Å². The molecule has 5 heteroatoms. The molecular weight excluding hydrogens is 260 g/mol. The van der Waals surface area contributed by atoms with E-state index >= 15 is 0 Å². The van der Waals surface area contributed by atoms with E-state index in [0.717, 1.165) is 10.4 Å². The highest BCUT2D eigenvalue weighted by Crippen LogP contribution is 2.22. The molecule has 1 aromatic carbocycles. The Labute approximate surface area is 95.4 Å². The number of aromatic amines is 1. The van der Waals surface area contributed by atoms with Gasteiger partial charge in [0.15, 0.2) is 0 Å². The lowest BCUT2D eigenvalue weighted by atomic mass is 10.3. The SMILES string of the molecule is COc1ccc(Oc2ncc(Br)[nH]2)cc1. The first-order chi connectivity index (χ1) is 7.28. The first-order valence-electron chi connectivity index (χ1n) is 4.30. The Hall–Kier alpha value is -1.49. The maximum atomic E-state index is 5.45. The summed E-state index contributed by atoms with van der Waals surface area (Å²) in [4.78, 5) is 6.90. The molecule has 0 spiro atoms. The summed E-state index contributed by atoms with van der Waals surface area (Å²) in [5, 5.41) is 0. The van der Waals surface area contributed by atoms with Crippen molar-refractivity contribution in [3.63, 3.8) is 0 Å². The van der Waals surface area contributed by atoms with Gasteiger partial charge in [-0.2, -0.15) is 0 Å². The Morgan fingerprint density at radius 2 is 1.87 bits per heavy atom. The van der Waals surface area contributed by atoms with Gasteiger partial charge in [0, 0.05) is 0 Å². The van der Waals surface area contributed by atoms with E-state index in [2.05, 4.69) is 25.9 Å². The van der Waals surface area contributed by atoms with Crippen LogP contribution in [-0.4, -0.2) is 17.1 Å². The topological polar surface area (TPSA) is 47.1 Å². The average molecular weight is 269 g/mol. The molecule has 1 aromatic heterocycles. The first kappa shape index (κ1) is 10.0. The van der Waals surface area contributed by atoms with E-state index in [1.807, 2.05) is 24.3 Å². The molecule has 15 heavy (non-hydrogen) atoms. The third kappa shape index (κ3) is 2.50. The van der Waals surface area contributed by atoms with Crippen molar-refractivity contribution in [3.05, 3.63) is 35.1 Å². The normalized spacial score (nSPS) is 10.0. The summed E-state index contributed by atoms with van der Waals surface area (Å²) < 4.78 is 11.3. The number of methoxy groups -OCH3 is 1. The first-order valence-corrected chi connectivity index (χ1v) is 5.09. The molecule has 0 aliphatic rings. The average Bonchev–Trinajstić information content (AvgIpc) is 2.65. The molecule has 0 aliphatic heterocycles. The minimum absolute atomic E-state index is 0.451. The van der Waals surface area contributed by atoms with Crippen LogP contribution < -0.4 is 9.47 Å². The van der Waals surface area contributed by atoms with Crippen LogP contribution >= 0.6 is 15.9 Å². The number of imidazole rings is 1. The molecule has 0 unspecified atom stereocenters. The van der Waals surface area contributed by atoms with Gasteiger partial charge in [0.05, 0.1) is 13.3 Å². The Balaban J connectivity index is 2.11. The van der Waals surface area contributed by atoms with Crippen LogP contribution in [0.3, 0.4) is 0 Å². The summed E-state index contributed by atoms with van der Waals surface area (Å²) in [6.45, 7) is 0. The number of rotatable bonds is 3. The van der Waals surface area contributed by atoms with E-state index in [1.54, 1.807) is 13.3 Å². The molecule has 78 valence electrons. The van der Waals surface area contributed by atoms with Gasteiger partial charge in [0.2, 0.25) is 0 Å². The van der Waals surface area contributed by atoms with Crippen LogP contribution in [0, 0.1) is 0 Å². The van der Waals surface area contributed by atoms with Crippen molar-refractivity contribution in [2.24, 2.45) is 0 Å². The molecular formula is C10H9BrN2O2. The zero-order chi connectivity index (χ0) is 10.7. The Morgan fingerprint density at radius 3 is 2.40 bits per heavy atom. The highest BCUT2D eigenvalue weighted by atomic mass is 79.9. The molecule has 1 N–H and O–H groups in total. The predicted octanol–water partition coefficient (Wildman–Crippen LogP) is 2.97. The van der Waals surface area contributed by atoms with Gasteiger partial charge in [0.25, 0.3) is 6.01 Å². The number of aromatic nitrogens is 2. The Morgan fingerprint density at radius 1 is 1.20 bits per heavy atom. The molecule has 0 saturated heterocycles. The molecule has 2 aromatic rings. The van der Waals surface area contributed by atoms with Crippen LogP contribution in [0.5, 0.6) is 17.5 Å². The van der Waals surface area contributed by atoms with Gasteiger partial charge < -0.3 is 14.5 Å². The van der Waals surface area contributed by atoms with Crippen molar-refractivity contribution in [2.75, 3.05) is 7.11 Å². The van der Waals surface area contributed by atoms with Gasteiger partial charge in [-0.05, 0) is 40.2 Å². The lowest BCUT2D eigenvalue weighted by Gasteiger charge is -2.02. The van der Waals surface area contributed by atoms with Crippen LogP contribution in [-0.2, 0) is 0 Å². The zero-order valence-corrected chi connectivity index (χ0v) is 9.61. The fourth-order valence-electron chi connectivity index (χ4n) is 1.09. The number of nitrogens with one attached hydrogen (secondary N) is 1. The smallest absolute Gasteiger partial charge is 0.299 e. The number of ether oxygens (including phenoxy) is 2. The second-order valence-electron chi connectivity index (χ2n) is 2.81. The number of H-pyrrole nitrogens is 1. The van der Waals surface area contributed by atoms with Crippen LogP contribution in [0.1, 0.15) is 0 Å². The number of benzene rings is 1. The van der Waals surface area contributed by atoms with Crippen molar-refractivity contribution in [1.82, 2.24) is 9.97 Å². The standard InChI is InChI=1S/C10H9BrN2O2/c1-14-7-2-4-8(5-3-7)15-10-12-6-9(11)13-10/h2-6H,1H3,(H,12,13). The summed E-state index contributed by atoms with van der Waals surface area (Å²) in [5.41, 5.74) is 0. The highest BCUT2D eigenvalue weighted by Gasteiger charge is 2.01. The quantitative estimate of drug-likeness (QED) is 0.931. The third-order valence-corrected chi connectivity index (χ3v) is 2.20. The Kier molecular flexibility index (Phi) is 2.91. The minimum Gasteiger partial charge on any atom is -0.497 e. The molecule has 0 atom stereocenters. The fraction of sp³-hybridized carbons (Fsp3) is 0.100. The van der Waals surface area contributed by atoms with E-state index < -0.39 is 0 Å². The number of hydrogen-bond acceptors (Lipinski definition) is 3. The molecule has 0 fully saturated rings. The van der Waals surface area contributed by atoms with Crippen LogP contribution in [0.15, 0.2) is 35.1 Å². The summed E-state index contributed by atoms with van der Waals surface area (Å²) in [6.07, 6.45) is 1.64. The van der Waals surface area contributed by atoms with Crippen LogP contribution in [0.2, 0.25) is 0 Å². The molecule has 4 nitrogen and oxygen atoms in total. The van der Waals surface area contributed by atoms with Gasteiger partial charge >= 0.3 is 0 Å². The number of halogens is 1. The zero-order valence-electron chi connectivity index (χ0n) is 8.03. The lowest BCUT2D eigenvalue weighted by molar-refractivity contribution is 0.411. The van der Waals surface area contributed by atoms with E-state index in [4.69, 9.17) is 9.47 Å². The van der Waals surface area contributed by atoms with E-state index in [0.29, 0.717) is 11.8 Å². The van der Waals surface area contributed by atoms with Crippen LogP contribution in [0.4, 0.5) is 0 Å². The van der Waals surface area contributed by atoms with Crippen molar-refractivity contribution < 1.29 is 9.47 Å². The van der Waals surface area contributed by atoms with Gasteiger partial charge in [-0.3, -0.25) is 0 Å². The summed E-state index contributed by atoms with van der Waals surface area (Å²) >= 11 is 3.25. The van der Waals surface area contributed by atoms with Crippen molar-refractivity contribution in [3.8, 4) is 17.5 Å². The maximum Gasteiger partial charge on any atom is 0.299 e. The molecule has 0 amide bonds. The van der Waals surface area contributed by atoms with Gasteiger partial charge in [-0.15, -0.1) is 0 Å². The van der Waals surface area contributed by atoms with E-state index in [-0.39, 0.29) is 0 Å². The van der Waals surface area contributed by atoms with Crippen molar-refractivity contribution in [2.45, 2.75) is 0 Å². The second kappa shape index (κ2) is 4.35. The third-order valence-electron chi connectivity index (χ3n) is 1.80. The maximum absolute atomic E-state index is 5.45. The number of nitrogens with zero attached hydrogens (tertiary/aromatic N) is 1. The molecule has 0 aliphatic carbocycles. The fourth-order valence-corrected chi connectivity index (χ4v) is 1.36. The van der Waals surface area contributed by atoms with Gasteiger partial charge in [-0.25, -0.2) is 4.98 Å². The molecule has 0 bridgehead atoms. The van der Waals surface area contributed by atoms with Gasteiger partial charge in [0.1, 0.15) is 16.1 Å². The summed E-state index contributed by atoms with van der Waals surface area (Å²) in [6, 6.07) is 7.73. The number of hydrogen-bond donors (Lipinski definition) is 1. The summed E-state index contributed by atoms with van der Waals surface area (Å²) in [5.74, 6) is 1.50. The minimum atomic E-state index is 0.451. The van der Waals surface area contributed by atoms with Crippen LogP contribution in [0.25, 0.3) is 0 Å². The van der Waals surface area contributed by atoms with Crippen molar-refractivity contribution >= 4 is 15.9 Å². The Bertz CT molecular complexity index is 439. The predicted molar refractivity (Wildman–Crippen MR) is 59.4 cm³/mol. The monoisotopic (exact) mass is 268 g/mol. The van der Waals surface area contributed by atoms with Crippen molar-refractivity contribution in [1.29, 1.82) is 0 Å². The molecule has 0 saturated carbocycles. The largest absolute Gasteiger partial charge is 0.497 e. The highest BCUT2D eigenvalue weighted by molar-refractivity contribution is 9.10. The molecule has 0 radical (unpaired) electrons.